The fourth-order valence-electron chi connectivity index (χ4n) is 3.32. The molecule has 0 radical (unpaired) electrons. The zero-order chi connectivity index (χ0) is 22.0. The first kappa shape index (κ1) is 20.9. The molecule has 2 aromatic carbocycles. The van der Waals surface area contributed by atoms with E-state index >= 15 is 0 Å². The Labute approximate surface area is 184 Å². The molecule has 0 saturated heterocycles. The van der Waals surface area contributed by atoms with Gasteiger partial charge < -0.3 is 9.73 Å². The quantitative estimate of drug-likeness (QED) is 0.360. The summed E-state index contributed by atoms with van der Waals surface area (Å²) in [4.78, 5) is 30.9. The van der Waals surface area contributed by atoms with Gasteiger partial charge in [-0.05, 0) is 62.2 Å². The SMILES string of the molecule is Cc1cccc(-n2c(SC(C)C(=O)NCc3ccco3)nc3ccccc3c2=O)c1C. The van der Waals surface area contributed by atoms with Crippen molar-refractivity contribution >= 4 is 28.6 Å². The zero-order valence-corrected chi connectivity index (χ0v) is 18.4. The molecule has 1 unspecified atom stereocenters. The number of aromatic nitrogens is 2. The van der Waals surface area contributed by atoms with Gasteiger partial charge in [-0.1, -0.05) is 36.0 Å². The summed E-state index contributed by atoms with van der Waals surface area (Å²) in [5.74, 6) is 0.526. The maximum absolute atomic E-state index is 13.4. The van der Waals surface area contributed by atoms with Gasteiger partial charge in [-0.25, -0.2) is 4.98 Å². The number of aryl methyl sites for hydroxylation is 1. The summed E-state index contributed by atoms with van der Waals surface area (Å²) in [6, 6.07) is 16.7. The Morgan fingerprint density at radius 3 is 2.71 bits per heavy atom. The van der Waals surface area contributed by atoms with Crippen LogP contribution in [0.2, 0.25) is 0 Å². The predicted molar refractivity (Wildman–Crippen MR) is 123 cm³/mol. The molecule has 6 nitrogen and oxygen atoms in total. The minimum atomic E-state index is -0.459. The Bertz CT molecular complexity index is 1300. The van der Waals surface area contributed by atoms with Crippen molar-refractivity contribution < 1.29 is 9.21 Å². The van der Waals surface area contributed by atoms with Crippen LogP contribution in [0.1, 0.15) is 23.8 Å². The Hall–Kier alpha value is -3.32. The summed E-state index contributed by atoms with van der Waals surface area (Å²) in [5.41, 5.74) is 3.31. The van der Waals surface area contributed by atoms with Crippen molar-refractivity contribution in [3.05, 3.63) is 88.1 Å². The van der Waals surface area contributed by atoms with Crippen LogP contribution in [0.3, 0.4) is 0 Å². The van der Waals surface area contributed by atoms with Crippen LogP contribution in [0.15, 0.2) is 75.2 Å². The van der Waals surface area contributed by atoms with Gasteiger partial charge in [0.05, 0.1) is 34.6 Å². The predicted octanol–water partition coefficient (Wildman–Crippen LogP) is 4.39. The topological polar surface area (TPSA) is 77.1 Å². The number of rotatable bonds is 6. The smallest absolute Gasteiger partial charge is 0.266 e. The third-order valence-corrected chi connectivity index (χ3v) is 6.28. The molecule has 2 heterocycles. The lowest BCUT2D eigenvalue weighted by Gasteiger charge is -2.18. The van der Waals surface area contributed by atoms with Crippen molar-refractivity contribution in [1.29, 1.82) is 0 Å². The van der Waals surface area contributed by atoms with Gasteiger partial charge in [0.25, 0.3) is 5.56 Å². The van der Waals surface area contributed by atoms with Crippen LogP contribution in [-0.4, -0.2) is 20.7 Å². The van der Waals surface area contributed by atoms with E-state index in [-0.39, 0.29) is 11.5 Å². The largest absolute Gasteiger partial charge is 0.467 e. The van der Waals surface area contributed by atoms with E-state index in [1.54, 1.807) is 36.0 Å². The number of nitrogens with zero attached hydrogens (tertiary/aromatic N) is 2. The van der Waals surface area contributed by atoms with Crippen LogP contribution in [0.5, 0.6) is 0 Å². The molecule has 0 spiro atoms. The highest BCUT2D eigenvalue weighted by Gasteiger charge is 2.21. The Balaban J connectivity index is 1.73. The summed E-state index contributed by atoms with van der Waals surface area (Å²) < 4.78 is 6.88. The standard InChI is InChI=1S/C24H23N3O3S/c1-15-8-6-12-21(16(15)2)27-23(29)19-10-4-5-11-20(19)26-24(27)31-17(3)22(28)25-14-18-9-7-13-30-18/h4-13,17H,14H2,1-3H3,(H,25,28). The van der Waals surface area contributed by atoms with Gasteiger partial charge in [-0.3, -0.25) is 14.2 Å². The molecule has 1 amide bonds. The van der Waals surface area contributed by atoms with Crippen molar-refractivity contribution in [3.63, 3.8) is 0 Å². The van der Waals surface area contributed by atoms with E-state index in [2.05, 4.69) is 5.32 Å². The summed E-state index contributed by atoms with van der Waals surface area (Å²) in [6.07, 6.45) is 1.57. The van der Waals surface area contributed by atoms with Crippen LogP contribution in [0.4, 0.5) is 0 Å². The third-order valence-electron chi connectivity index (χ3n) is 5.23. The Kier molecular flexibility index (Phi) is 5.95. The number of amides is 1. The lowest BCUT2D eigenvalue weighted by atomic mass is 10.1. The molecule has 1 N–H and O–H groups in total. The molecule has 7 heteroatoms. The van der Waals surface area contributed by atoms with Crippen LogP contribution in [-0.2, 0) is 11.3 Å². The van der Waals surface area contributed by atoms with E-state index in [0.29, 0.717) is 28.4 Å². The van der Waals surface area contributed by atoms with E-state index in [4.69, 9.17) is 9.40 Å². The molecule has 0 saturated carbocycles. The Morgan fingerprint density at radius 2 is 1.94 bits per heavy atom. The van der Waals surface area contributed by atoms with Crippen LogP contribution in [0, 0.1) is 13.8 Å². The molecule has 31 heavy (non-hydrogen) atoms. The number of para-hydroxylation sites is 1. The number of fused-ring (bicyclic) bond motifs is 1. The molecular weight excluding hydrogens is 410 g/mol. The number of carbonyl (C=O) groups is 1. The highest BCUT2D eigenvalue weighted by atomic mass is 32.2. The van der Waals surface area contributed by atoms with Gasteiger partial charge in [-0.15, -0.1) is 0 Å². The molecule has 0 fully saturated rings. The maximum atomic E-state index is 13.4. The third kappa shape index (κ3) is 4.27. The van der Waals surface area contributed by atoms with Gasteiger partial charge in [0.1, 0.15) is 5.76 Å². The second-order valence-corrected chi connectivity index (χ2v) is 8.64. The van der Waals surface area contributed by atoms with E-state index in [9.17, 15) is 9.59 Å². The molecule has 0 aliphatic rings. The van der Waals surface area contributed by atoms with Crippen LogP contribution >= 0.6 is 11.8 Å². The van der Waals surface area contributed by atoms with Crippen molar-refractivity contribution in [2.45, 2.75) is 37.7 Å². The fraction of sp³-hybridized carbons (Fsp3) is 0.208. The summed E-state index contributed by atoms with van der Waals surface area (Å²) in [7, 11) is 0. The average molecular weight is 434 g/mol. The molecule has 2 aromatic heterocycles. The first-order chi connectivity index (χ1) is 15.0. The fourth-order valence-corrected chi connectivity index (χ4v) is 4.27. The summed E-state index contributed by atoms with van der Waals surface area (Å²) in [5, 5.41) is 3.44. The van der Waals surface area contributed by atoms with Crippen molar-refractivity contribution in [2.75, 3.05) is 0 Å². The number of carbonyl (C=O) groups excluding carboxylic acids is 1. The van der Waals surface area contributed by atoms with Crippen molar-refractivity contribution in [2.24, 2.45) is 0 Å². The molecule has 0 aliphatic carbocycles. The van der Waals surface area contributed by atoms with Gasteiger partial charge in [0, 0.05) is 0 Å². The van der Waals surface area contributed by atoms with Crippen molar-refractivity contribution in [1.82, 2.24) is 14.9 Å². The number of furan rings is 1. The molecule has 0 aliphatic heterocycles. The van der Waals surface area contributed by atoms with E-state index in [0.717, 1.165) is 16.8 Å². The molecular formula is C24H23N3O3S. The van der Waals surface area contributed by atoms with Crippen LogP contribution in [0.25, 0.3) is 16.6 Å². The second kappa shape index (κ2) is 8.81. The Morgan fingerprint density at radius 1 is 1.13 bits per heavy atom. The van der Waals surface area contributed by atoms with Gasteiger partial charge in [-0.2, -0.15) is 0 Å². The first-order valence-corrected chi connectivity index (χ1v) is 10.9. The lowest BCUT2D eigenvalue weighted by Crippen LogP contribution is -2.31. The average Bonchev–Trinajstić information content (AvgIpc) is 3.28. The highest BCUT2D eigenvalue weighted by Crippen LogP contribution is 2.27. The normalized spacial score (nSPS) is 12.1. The minimum Gasteiger partial charge on any atom is -0.467 e. The molecule has 1 atom stereocenters. The second-order valence-electron chi connectivity index (χ2n) is 7.33. The van der Waals surface area contributed by atoms with Gasteiger partial charge in [0.2, 0.25) is 5.91 Å². The minimum absolute atomic E-state index is 0.148. The van der Waals surface area contributed by atoms with E-state index < -0.39 is 5.25 Å². The summed E-state index contributed by atoms with van der Waals surface area (Å²) in [6.45, 7) is 6.11. The zero-order valence-electron chi connectivity index (χ0n) is 17.6. The summed E-state index contributed by atoms with van der Waals surface area (Å²) >= 11 is 1.26. The van der Waals surface area contributed by atoms with Gasteiger partial charge in [0.15, 0.2) is 5.16 Å². The molecule has 0 bridgehead atoms. The van der Waals surface area contributed by atoms with Crippen molar-refractivity contribution in [3.8, 4) is 5.69 Å². The number of benzene rings is 2. The monoisotopic (exact) mass is 433 g/mol. The number of nitrogens with one attached hydrogen (secondary N) is 1. The lowest BCUT2D eigenvalue weighted by molar-refractivity contribution is -0.120. The number of hydrogen-bond acceptors (Lipinski definition) is 5. The number of hydrogen-bond donors (Lipinski definition) is 1. The van der Waals surface area contributed by atoms with E-state index in [1.807, 2.05) is 50.2 Å². The first-order valence-electron chi connectivity index (χ1n) is 10.0. The molecule has 4 rings (SSSR count). The van der Waals surface area contributed by atoms with Crippen LogP contribution < -0.4 is 10.9 Å². The number of thioether (sulfide) groups is 1. The van der Waals surface area contributed by atoms with E-state index in [1.165, 1.54) is 11.8 Å². The maximum Gasteiger partial charge on any atom is 0.266 e. The highest BCUT2D eigenvalue weighted by molar-refractivity contribution is 8.00. The molecule has 4 aromatic rings. The molecule has 158 valence electrons. The van der Waals surface area contributed by atoms with Gasteiger partial charge >= 0.3 is 0 Å².